The molecule has 0 spiro atoms. The Hall–Kier alpha value is -4.18. The molecule has 4 aromatic rings. The van der Waals surface area contributed by atoms with Crippen molar-refractivity contribution >= 4 is 11.6 Å². The minimum absolute atomic E-state index is 0.00339. The fraction of sp³-hybridized carbons (Fsp3) is 0.308. The third-order valence-corrected chi connectivity index (χ3v) is 6.22. The van der Waals surface area contributed by atoms with Gasteiger partial charge in [-0.1, -0.05) is 10.3 Å². The lowest BCUT2D eigenvalue weighted by atomic mass is 9.97. The summed E-state index contributed by atoms with van der Waals surface area (Å²) in [5.74, 6) is 2.78. The van der Waals surface area contributed by atoms with Gasteiger partial charge in [-0.3, -0.25) is 9.69 Å². The van der Waals surface area contributed by atoms with Crippen LogP contribution in [-0.2, 0) is 11.3 Å². The smallest absolute Gasteiger partial charge is 0.241 e. The Morgan fingerprint density at radius 2 is 1.86 bits per heavy atom. The van der Waals surface area contributed by atoms with E-state index in [1.54, 1.807) is 32.5 Å². The summed E-state index contributed by atoms with van der Waals surface area (Å²) in [5, 5.41) is 10.9. The van der Waals surface area contributed by atoms with Gasteiger partial charge in [0.05, 0.1) is 32.9 Å². The quantitative estimate of drug-likeness (QED) is 0.387. The molecular formula is C26H27N5O5. The summed E-state index contributed by atoms with van der Waals surface area (Å²) in [6.45, 7) is 1.97. The second kappa shape index (κ2) is 10.6. The monoisotopic (exact) mass is 489 g/mol. The third-order valence-electron chi connectivity index (χ3n) is 6.22. The molecule has 0 bridgehead atoms. The number of nitrogens with zero attached hydrogens (tertiary/aromatic N) is 4. The number of hydrogen-bond donors (Lipinski definition) is 1. The van der Waals surface area contributed by atoms with Crippen LogP contribution in [0.4, 0.5) is 5.69 Å². The predicted molar refractivity (Wildman–Crippen MR) is 131 cm³/mol. The SMILES string of the molecule is COc1ccc(-c2noc(CN3CCC[C@H](C(=O)Nc4ccc(-c5ccno5)cc4)C3)n2)cc1OC. The van der Waals surface area contributed by atoms with Crippen molar-refractivity contribution in [1.29, 1.82) is 0 Å². The molecule has 10 nitrogen and oxygen atoms in total. The van der Waals surface area contributed by atoms with E-state index >= 15 is 0 Å². The van der Waals surface area contributed by atoms with E-state index < -0.39 is 0 Å². The number of aromatic nitrogens is 3. The second-order valence-electron chi connectivity index (χ2n) is 8.60. The van der Waals surface area contributed by atoms with Crippen molar-refractivity contribution in [1.82, 2.24) is 20.2 Å². The molecule has 3 heterocycles. The van der Waals surface area contributed by atoms with E-state index in [1.807, 2.05) is 36.4 Å². The molecule has 1 atom stereocenters. The van der Waals surface area contributed by atoms with Crippen LogP contribution in [0, 0.1) is 5.92 Å². The Morgan fingerprint density at radius 1 is 1.06 bits per heavy atom. The molecule has 0 unspecified atom stereocenters. The topological polar surface area (TPSA) is 116 Å². The molecule has 1 aliphatic rings. The van der Waals surface area contributed by atoms with Crippen molar-refractivity contribution in [2.24, 2.45) is 5.92 Å². The number of benzene rings is 2. The van der Waals surface area contributed by atoms with Crippen LogP contribution in [0.15, 0.2) is 63.8 Å². The summed E-state index contributed by atoms with van der Waals surface area (Å²) in [5.41, 5.74) is 2.42. The first-order valence-electron chi connectivity index (χ1n) is 11.7. The molecule has 0 aliphatic carbocycles. The number of piperidine rings is 1. The molecule has 0 saturated carbocycles. The number of carbonyl (C=O) groups excluding carboxylic acids is 1. The van der Waals surface area contributed by atoms with Crippen molar-refractivity contribution in [2.45, 2.75) is 19.4 Å². The zero-order chi connectivity index (χ0) is 24.9. The molecule has 1 N–H and O–H groups in total. The van der Waals surface area contributed by atoms with Gasteiger partial charge in [0.1, 0.15) is 0 Å². The van der Waals surface area contributed by atoms with E-state index in [9.17, 15) is 4.79 Å². The van der Waals surface area contributed by atoms with Crippen LogP contribution in [0.3, 0.4) is 0 Å². The number of hydrogen-bond acceptors (Lipinski definition) is 9. The fourth-order valence-corrected chi connectivity index (χ4v) is 4.34. The van der Waals surface area contributed by atoms with Gasteiger partial charge >= 0.3 is 0 Å². The van der Waals surface area contributed by atoms with Crippen LogP contribution >= 0.6 is 0 Å². The largest absolute Gasteiger partial charge is 0.493 e. The van der Waals surface area contributed by atoms with Crippen molar-refractivity contribution in [3.63, 3.8) is 0 Å². The van der Waals surface area contributed by atoms with E-state index in [4.69, 9.17) is 18.5 Å². The lowest BCUT2D eigenvalue weighted by Crippen LogP contribution is -2.40. The first-order chi connectivity index (χ1) is 17.6. The highest BCUT2D eigenvalue weighted by Crippen LogP contribution is 2.31. The number of amides is 1. The van der Waals surface area contributed by atoms with Crippen molar-refractivity contribution in [3.05, 3.63) is 60.6 Å². The molecule has 10 heteroatoms. The minimum atomic E-state index is -0.124. The van der Waals surface area contributed by atoms with Gasteiger partial charge in [-0.25, -0.2) is 0 Å². The average Bonchev–Trinajstić information content (AvgIpc) is 3.62. The predicted octanol–water partition coefficient (Wildman–Crippen LogP) is 4.26. The van der Waals surface area contributed by atoms with Gasteiger partial charge in [0.15, 0.2) is 17.3 Å². The summed E-state index contributed by atoms with van der Waals surface area (Å²) in [6.07, 6.45) is 3.35. The molecule has 1 amide bonds. The van der Waals surface area contributed by atoms with Gasteiger partial charge in [-0.2, -0.15) is 4.98 Å². The van der Waals surface area contributed by atoms with Crippen LogP contribution < -0.4 is 14.8 Å². The van der Waals surface area contributed by atoms with Gasteiger partial charge in [0.25, 0.3) is 0 Å². The molecule has 1 saturated heterocycles. The number of methoxy groups -OCH3 is 2. The summed E-state index contributed by atoms with van der Waals surface area (Å²) in [4.78, 5) is 19.7. The van der Waals surface area contributed by atoms with Crippen LogP contribution in [0.1, 0.15) is 18.7 Å². The highest BCUT2D eigenvalue weighted by atomic mass is 16.5. The maximum Gasteiger partial charge on any atom is 0.241 e. The molecule has 1 aliphatic heterocycles. The maximum absolute atomic E-state index is 12.9. The molecule has 2 aromatic heterocycles. The fourth-order valence-electron chi connectivity index (χ4n) is 4.34. The van der Waals surface area contributed by atoms with Crippen LogP contribution in [-0.4, -0.2) is 53.4 Å². The number of nitrogens with one attached hydrogen (secondary N) is 1. The first-order valence-corrected chi connectivity index (χ1v) is 11.7. The summed E-state index contributed by atoms with van der Waals surface area (Å²) < 4.78 is 21.3. The van der Waals surface area contributed by atoms with Crippen LogP contribution in [0.25, 0.3) is 22.7 Å². The summed E-state index contributed by atoms with van der Waals surface area (Å²) in [6, 6.07) is 14.8. The Kier molecular flexibility index (Phi) is 6.94. The number of carbonyl (C=O) groups is 1. The van der Waals surface area contributed by atoms with Crippen LogP contribution in [0.2, 0.25) is 0 Å². The Morgan fingerprint density at radius 3 is 2.61 bits per heavy atom. The van der Waals surface area contributed by atoms with Crippen molar-refractivity contribution < 1.29 is 23.3 Å². The molecular weight excluding hydrogens is 462 g/mol. The summed E-state index contributed by atoms with van der Waals surface area (Å²) in [7, 11) is 3.17. The lowest BCUT2D eigenvalue weighted by Gasteiger charge is -2.30. The van der Waals surface area contributed by atoms with E-state index in [1.165, 1.54) is 0 Å². The second-order valence-corrected chi connectivity index (χ2v) is 8.60. The minimum Gasteiger partial charge on any atom is -0.493 e. The molecule has 186 valence electrons. The van der Waals surface area contributed by atoms with E-state index in [-0.39, 0.29) is 11.8 Å². The number of anilines is 1. The number of rotatable bonds is 8. The Bertz CT molecular complexity index is 1300. The van der Waals surface area contributed by atoms with Gasteiger partial charge in [-0.05, 0) is 61.9 Å². The van der Waals surface area contributed by atoms with Crippen molar-refractivity contribution in [3.8, 4) is 34.2 Å². The lowest BCUT2D eigenvalue weighted by molar-refractivity contribution is -0.121. The third kappa shape index (κ3) is 5.23. The number of ether oxygens (including phenoxy) is 2. The standard InChI is InChI=1S/C26H27N5O5/c1-33-22-10-7-18(14-23(22)34-2)25-29-24(36-30-25)16-31-13-3-4-19(15-31)26(32)28-20-8-5-17(6-9-20)21-11-12-27-35-21/h5-12,14,19H,3-4,13,15-16H2,1-2H3,(H,28,32)/t19-/m0/s1. The Balaban J connectivity index is 1.18. The van der Waals surface area contributed by atoms with E-state index in [2.05, 4.69) is 25.5 Å². The van der Waals surface area contributed by atoms with Gasteiger partial charge in [0, 0.05) is 29.4 Å². The average molecular weight is 490 g/mol. The summed E-state index contributed by atoms with van der Waals surface area (Å²) >= 11 is 0. The highest BCUT2D eigenvalue weighted by Gasteiger charge is 2.27. The van der Waals surface area contributed by atoms with E-state index in [0.29, 0.717) is 42.1 Å². The van der Waals surface area contributed by atoms with Gasteiger partial charge in [0.2, 0.25) is 17.6 Å². The van der Waals surface area contributed by atoms with Crippen molar-refractivity contribution in [2.75, 3.05) is 32.6 Å². The van der Waals surface area contributed by atoms with Gasteiger partial charge in [-0.15, -0.1) is 0 Å². The molecule has 36 heavy (non-hydrogen) atoms. The maximum atomic E-state index is 12.9. The Labute approximate surface area is 208 Å². The highest BCUT2D eigenvalue weighted by molar-refractivity contribution is 5.93. The normalized spacial score (nSPS) is 16.0. The van der Waals surface area contributed by atoms with E-state index in [0.717, 1.165) is 36.2 Å². The zero-order valence-electron chi connectivity index (χ0n) is 20.1. The molecule has 0 radical (unpaired) electrons. The molecule has 5 rings (SSSR count). The zero-order valence-corrected chi connectivity index (χ0v) is 20.1. The number of likely N-dealkylation sites (tertiary alicyclic amines) is 1. The molecule has 2 aromatic carbocycles. The van der Waals surface area contributed by atoms with Gasteiger partial charge < -0.3 is 23.8 Å². The van der Waals surface area contributed by atoms with Crippen LogP contribution in [0.5, 0.6) is 11.5 Å². The first kappa shape index (κ1) is 23.6. The molecule has 1 fully saturated rings.